The Morgan fingerprint density at radius 2 is 1.64 bits per heavy atom. The van der Waals surface area contributed by atoms with Crippen molar-refractivity contribution in [3.8, 4) is 11.6 Å². The maximum atomic E-state index is 13.2. The van der Waals surface area contributed by atoms with Crippen molar-refractivity contribution in [1.82, 2.24) is 4.57 Å². The minimum atomic E-state index is -4.61. The van der Waals surface area contributed by atoms with Gasteiger partial charge in [0.15, 0.2) is 5.78 Å². The SMILES string of the molecule is CC(=O)c1ccc(N=Cc2c(O)n(-c3cccc(C(F)(F)F)c3)c(=O)c3ccccc23)cc1. The lowest BCUT2D eigenvalue weighted by Gasteiger charge is -2.15. The highest BCUT2D eigenvalue weighted by Crippen LogP contribution is 2.32. The molecule has 0 aliphatic heterocycles. The Bertz CT molecular complexity index is 1450. The Balaban J connectivity index is 1.91. The predicted octanol–water partition coefficient (Wildman–Crippen LogP) is 5.67. The van der Waals surface area contributed by atoms with Crippen LogP contribution in [0.1, 0.15) is 28.4 Å². The molecule has 0 aliphatic rings. The molecule has 0 radical (unpaired) electrons. The van der Waals surface area contributed by atoms with E-state index in [1.165, 1.54) is 31.3 Å². The number of halogens is 3. The van der Waals surface area contributed by atoms with Gasteiger partial charge < -0.3 is 5.11 Å². The van der Waals surface area contributed by atoms with Crippen LogP contribution >= 0.6 is 0 Å². The third-order valence-corrected chi connectivity index (χ3v) is 5.15. The molecule has 0 unspecified atom stereocenters. The van der Waals surface area contributed by atoms with Crippen molar-refractivity contribution in [3.63, 3.8) is 0 Å². The third kappa shape index (κ3) is 4.27. The van der Waals surface area contributed by atoms with Crippen molar-refractivity contribution in [3.05, 3.63) is 99.8 Å². The zero-order chi connectivity index (χ0) is 23.8. The highest BCUT2D eigenvalue weighted by Gasteiger charge is 2.31. The molecule has 0 saturated carbocycles. The van der Waals surface area contributed by atoms with E-state index < -0.39 is 23.2 Å². The summed E-state index contributed by atoms with van der Waals surface area (Å²) in [6.07, 6.45) is -3.27. The number of nitrogens with zero attached hydrogens (tertiary/aromatic N) is 2. The molecule has 0 aliphatic carbocycles. The first kappa shape index (κ1) is 22.0. The summed E-state index contributed by atoms with van der Waals surface area (Å²) in [6, 6.07) is 17.1. The van der Waals surface area contributed by atoms with Crippen LogP contribution in [0.2, 0.25) is 0 Å². The van der Waals surface area contributed by atoms with Gasteiger partial charge in [-0.2, -0.15) is 13.2 Å². The summed E-state index contributed by atoms with van der Waals surface area (Å²) in [4.78, 5) is 28.8. The van der Waals surface area contributed by atoms with Gasteiger partial charge in [0.1, 0.15) is 0 Å². The number of ketones is 1. The Labute approximate surface area is 186 Å². The number of hydrogen-bond donors (Lipinski definition) is 1. The number of hydrogen-bond acceptors (Lipinski definition) is 4. The molecule has 1 aromatic heterocycles. The van der Waals surface area contributed by atoms with Crippen molar-refractivity contribution < 1.29 is 23.1 Å². The number of Topliss-reactive ketones (excluding diaryl/α,β-unsaturated/α-hetero) is 1. The zero-order valence-electron chi connectivity index (χ0n) is 17.3. The maximum Gasteiger partial charge on any atom is 0.416 e. The number of carbonyl (C=O) groups excluding carboxylic acids is 1. The lowest BCUT2D eigenvalue weighted by Crippen LogP contribution is -2.20. The number of aliphatic imine (C=N–C) groups is 1. The normalized spacial score (nSPS) is 11.9. The van der Waals surface area contributed by atoms with Crippen LogP contribution in [0.3, 0.4) is 0 Å². The molecule has 0 amide bonds. The van der Waals surface area contributed by atoms with Gasteiger partial charge in [0, 0.05) is 22.6 Å². The van der Waals surface area contributed by atoms with E-state index in [0.29, 0.717) is 16.6 Å². The highest BCUT2D eigenvalue weighted by atomic mass is 19.4. The largest absolute Gasteiger partial charge is 0.494 e. The Hall–Kier alpha value is -4.20. The topological polar surface area (TPSA) is 71.7 Å². The van der Waals surface area contributed by atoms with Crippen molar-refractivity contribution >= 4 is 28.5 Å². The average molecular weight is 450 g/mol. The van der Waals surface area contributed by atoms with Gasteiger partial charge in [-0.3, -0.25) is 14.6 Å². The number of benzene rings is 3. The summed E-state index contributed by atoms with van der Waals surface area (Å²) in [5.41, 5.74) is -0.567. The van der Waals surface area contributed by atoms with E-state index in [4.69, 9.17) is 0 Å². The first-order valence-electron chi connectivity index (χ1n) is 9.86. The van der Waals surface area contributed by atoms with Gasteiger partial charge in [-0.15, -0.1) is 0 Å². The second-order valence-corrected chi connectivity index (χ2v) is 7.33. The first-order chi connectivity index (χ1) is 15.7. The molecule has 1 heterocycles. The summed E-state index contributed by atoms with van der Waals surface area (Å²) >= 11 is 0. The Morgan fingerprint density at radius 1 is 0.970 bits per heavy atom. The van der Waals surface area contributed by atoms with E-state index in [0.717, 1.165) is 16.7 Å². The molecule has 4 rings (SSSR count). The molecule has 0 saturated heterocycles. The van der Waals surface area contributed by atoms with Crippen LogP contribution in [0, 0.1) is 0 Å². The molecule has 1 N–H and O–H groups in total. The van der Waals surface area contributed by atoms with Crippen molar-refractivity contribution in [2.24, 2.45) is 4.99 Å². The van der Waals surface area contributed by atoms with Crippen LogP contribution in [0.4, 0.5) is 18.9 Å². The maximum absolute atomic E-state index is 13.2. The number of rotatable bonds is 4. The van der Waals surface area contributed by atoms with E-state index in [1.807, 2.05) is 0 Å². The molecular weight excluding hydrogens is 433 g/mol. The van der Waals surface area contributed by atoms with Crippen LogP contribution in [0.5, 0.6) is 5.88 Å². The fourth-order valence-electron chi connectivity index (χ4n) is 3.47. The Morgan fingerprint density at radius 3 is 2.27 bits per heavy atom. The molecule has 4 aromatic rings. The molecule has 8 heteroatoms. The quantitative estimate of drug-likeness (QED) is 0.322. The molecule has 0 spiro atoms. The summed E-state index contributed by atoms with van der Waals surface area (Å²) < 4.78 is 40.5. The number of aromatic hydroxyl groups is 1. The average Bonchev–Trinajstić information content (AvgIpc) is 2.79. The summed E-state index contributed by atoms with van der Waals surface area (Å²) in [6.45, 7) is 1.44. The third-order valence-electron chi connectivity index (χ3n) is 5.15. The van der Waals surface area contributed by atoms with Crippen LogP contribution in [0.15, 0.2) is 82.6 Å². The summed E-state index contributed by atoms with van der Waals surface area (Å²) in [7, 11) is 0. The van der Waals surface area contributed by atoms with Crippen LogP contribution in [-0.4, -0.2) is 21.7 Å². The molecule has 3 aromatic carbocycles. The number of carbonyl (C=O) groups is 1. The minimum absolute atomic E-state index is 0.0951. The minimum Gasteiger partial charge on any atom is -0.494 e. The van der Waals surface area contributed by atoms with E-state index in [9.17, 15) is 27.9 Å². The predicted molar refractivity (Wildman–Crippen MR) is 120 cm³/mol. The van der Waals surface area contributed by atoms with E-state index in [1.54, 1.807) is 42.5 Å². The van der Waals surface area contributed by atoms with Crippen LogP contribution in [-0.2, 0) is 6.18 Å². The monoisotopic (exact) mass is 450 g/mol. The second-order valence-electron chi connectivity index (χ2n) is 7.33. The molecule has 33 heavy (non-hydrogen) atoms. The first-order valence-corrected chi connectivity index (χ1v) is 9.86. The molecular formula is C25H17F3N2O3. The van der Waals surface area contributed by atoms with Gasteiger partial charge in [0.2, 0.25) is 5.88 Å². The smallest absolute Gasteiger partial charge is 0.416 e. The zero-order valence-corrected chi connectivity index (χ0v) is 17.3. The number of pyridine rings is 1. The standard InChI is InChI=1S/C25H17F3N2O3/c1-15(31)16-9-11-18(12-10-16)29-14-22-20-7-2-3-8-21(20)23(32)30(24(22)33)19-6-4-5-17(13-19)25(26,27)28/h2-14,33H,1H3. The fraction of sp³-hybridized carbons (Fsp3) is 0.0800. The number of fused-ring (bicyclic) bond motifs is 1. The number of alkyl halides is 3. The molecule has 166 valence electrons. The van der Waals surface area contributed by atoms with Gasteiger partial charge in [-0.25, -0.2) is 4.57 Å². The van der Waals surface area contributed by atoms with Crippen LogP contribution in [0.25, 0.3) is 16.5 Å². The van der Waals surface area contributed by atoms with E-state index in [-0.39, 0.29) is 22.4 Å². The van der Waals surface area contributed by atoms with Gasteiger partial charge in [-0.05, 0) is 55.5 Å². The van der Waals surface area contributed by atoms with Crippen LogP contribution < -0.4 is 5.56 Å². The van der Waals surface area contributed by atoms with E-state index in [2.05, 4.69) is 4.99 Å². The summed E-state index contributed by atoms with van der Waals surface area (Å²) in [5.74, 6) is -0.635. The Kier molecular flexibility index (Phi) is 5.59. The van der Waals surface area contributed by atoms with Crippen molar-refractivity contribution in [2.75, 3.05) is 0 Å². The van der Waals surface area contributed by atoms with Gasteiger partial charge in [-0.1, -0.05) is 24.3 Å². The molecule has 0 fully saturated rings. The highest BCUT2D eigenvalue weighted by molar-refractivity contribution is 6.02. The fourth-order valence-corrected chi connectivity index (χ4v) is 3.47. The van der Waals surface area contributed by atoms with Gasteiger partial charge >= 0.3 is 6.18 Å². The van der Waals surface area contributed by atoms with Gasteiger partial charge in [0.25, 0.3) is 5.56 Å². The number of aromatic nitrogens is 1. The molecule has 0 bridgehead atoms. The van der Waals surface area contributed by atoms with Gasteiger partial charge in [0.05, 0.1) is 22.5 Å². The summed E-state index contributed by atoms with van der Waals surface area (Å²) in [5, 5.41) is 11.6. The van der Waals surface area contributed by atoms with Crippen molar-refractivity contribution in [2.45, 2.75) is 13.1 Å². The van der Waals surface area contributed by atoms with E-state index >= 15 is 0 Å². The lowest BCUT2D eigenvalue weighted by molar-refractivity contribution is -0.137. The van der Waals surface area contributed by atoms with Crippen molar-refractivity contribution in [1.29, 1.82) is 0 Å². The second kappa shape index (κ2) is 8.38. The molecule has 0 atom stereocenters. The lowest BCUT2D eigenvalue weighted by atomic mass is 10.1. The molecule has 5 nitrogen and oxygen atoms in total.